The highest BCUT2D eigenvalue weighted by Gasteiger charge is 2.20. The molecule has 0 heterocycles. The van der Waals surface area contributed by atoms with Crippen LogP contribution in [-0.2, 0) is 0 Å². The van der Waals surface area contributed by atoms with E-state index in [1.54, 1.807) is 0 Å². The lowest BCUT2D eigenvalue weighted by atomic mass is 9.94. The summed E-state index contributed by atoms with van der Waals surface area (Å²) in [7, 11) is 0. The van der Waals surface area contributed by atoms with Gasteiger partial charge in [-0.3, -0.25) is 0 Å². The molecule has 212 valence electrons. The van der Waals surface area contributed by atoms with E-state index in [1.165, 1.54) is 54.9 Å². The normalized spacial score (nSPS) is 11.1. The van der Waals surface area contributed by atoms with Crippen LogP contribution >= 0.6 is 0 Å². The zero-order valence-electron chi connectivity index (χ0n) is 24.8. The summed E-state index contributed by atoms with van der Waals surface area (Å²) >= 11 is 0. The van der Waals surface area contributed by atoms with Crippen LogP contribution in [0.3, 0.4) is 0 Å². The highest BCUT2D eigenvalue weighted by atomic mass is 15.1. The Morgan fingerprint density at radius 1 is 0.289 bits per heavy atom. The van der Waals surface area contributed by atoms with Crippen molar-refractivity contribution in [2.75, 3.05) is 4.90 Å². The highest BCUT2D eigenvalue weighted by Crippen LogP contribution is 2.44. The van der Waals surface area contributed by atoms with Gasteiger partial charge in [0.1, 0.15) is 0 Å². The first kappa shape index (κ1) is 26.7. The third kappa shape index (κ3) is 5.05. The van der Waals surface area contributed by atoms with E-state index in [1.807, 2.05) is 0 Å². The van der Waals surface area contributed by atoms with E-state index < -0.39 is 0 Å². The number of benzene rings is 8. The van der Waals surface area contributed by atoms with Gasteiger partial charge in [-0.05, 0) is 74.3 Å². The van der Waals surface area contributed by atoms with E-state index in [-0.39, 0.29) is 0 Å². The van der Waals surface area contributed by atoms with Crippen molar-refractivity contribution in [3.63, 3.8) is 0 Å². The van der Waals surface area contributed by atoms with Crippen molar-refractivity contribution in [2.45, 2.75) is 0 Å². The minimum Gasteiger partial charge on any atom is -0.309 e. The second-order valence-corrected chi connectivity index (χ2v) is 11.4. The van der Waals surface area contributed by atoms with Crippen LogP contribution in [0.4, 0.5) is 17.1 Å². The fourth-order valence-corrected chi connectivity index (χ4v) is 6.51. The number of hydrogen-bond acceptors (Lipinski definition) is 1. The first-order valence-electron chi connectivity index (χ1n) is 15.4. The fourth-order valence-electron chi connectivity index (χ4n) is 6.51. The largest absolute Gasteiger partial charge is 0.309 e. The molecule has 0 N–H and O–H groups in total. The maximum Gasteiger partial charge on any atom is 0.0540 e. The van der Waals surface area contributed by atoms with Crippen molar-refractivity contribution in [3.05, 3.63) is 188 Å². The molecule has 0 aromatic heterocycles. The Morgan fingerprint density at radius 3 is 1.64 bits per heavy atom. The second-order valence-electron chi connectivity index (χ2n) is 11.4. The Hall–Kier alpha value is -5.92. The molecule has 1 nitrogen and oxygen atoms in total. The number of nitrogens with zero attached hydrogens (tertiary/aromatic N) is 1. The summed E-state index contributed by atoms with van der Waals surface area (Å²) in [5.41, 5.74) is 10.6. The second kappa shape index (κ2) is 11.6. The molecule has 0 aliphatic carbocycles. The van der Waals surface area contributed by atoms with Crippen molar-refractivity contribution in [1.29, 1.82) is 0 Å². The van der Waals surface area contributed by atoms with Crippen molar-refractivity contribution in [1.82, 2.24) is 0 Å². The molecule has 8 rings (SSSR count). The molecule has 0 radical (unpaired) electrons. The van der Waals surface area contributed by atoms with Crippen LogP contribution in [0.25, 0.3) is 54.9 Å². The van der Waals surface area contributed by atoms with Crippen molar-refractivity contribution in [2.24, 2.45) is 0 Å². The molecule has 0 saturated heterocycles. The molecular formula is C44H31N. The smallest absolute Gasteiger partial charge is 0.0540 e. The number of hydrogen-bond donors (Lipinski definition) is 0. The summed E-state index contributed by atoms with van der Waals surface area (Å²) in [4.78, 5) is 2.43. The lowest BCUT2D eigenvalue weighted by molar-refractivity contribution is 1.30. The first-order chi connectivity index (χ1) is 22.3. The zero-order chi connectivity index (χ0) is 30.0. The van der Waals surface area contributed by atoms with E-state index in [0.717, 1.165) is 17.1 Å². The van der Waals surface area contributed by atoms with E-state index in [0.29, 0.717) is 0 Å². The summed E-state index contributed by atoms with van der Waals surface area (Å²) < 4.78 is 0. The van der Waals surface area contributed by atoms with Crippen LogP contribution in [0.15, 0.2) is 188 Å². The first-order valence-corrected chi connectivity index (χ1v) is 15.4. The molecule has 1 heteroatoms. The Kier molecular flexibility index (Phi) is 6.90. The number of anilines is 3. The van der Waals surface area contributed by atoms with Crippen molar-refractivity contribution < 1.29 is 0 Å². The van der Waals surface area contributed by atoms with Gasteiger partial charge in [0.15, 0.2) is 0 Å². The molecule has 0 bridgehead atoms. The molecule has 0 fully saturated rings. The monoisotopic (exact) mass is 573 g/mol. The maximum absolute atomic E-state index is 2.43. The summed E-state index contributed by atoms with van der Waals surface area (Å²) in [6, 6.07) is 67.7. The Labute approximate surface area is 264 Å². The maximum atomic E-state index is 2.43. The van der Waals surface area contributed by atoms with Crippen molar-refractivity contribution in [3.8, 4) is 33.4 Å². The van der Waals surface area contributed by atoms with Crippen LogP contribution in [0, 0.1) is 0 Å². The summed E-state index contributed by atoms with van der Waals surface area (Å²) in [5, 5.41) is 4.95. The fraction of sp³-hybridized carbons (Fsp3) is 0. The highest BCUT2D eigenvalue weighted by molar-refractivity contribution is 6.02. The van der Waals surface area contributed by atoms with Gasteiger partial charge in [-0.1, -0.05) is 158 Å². The van der Waals surface area contributed by atoms with Crippen molar-refractivity contribution >= 4 is 38.6 Å². The van der Waals surface area contributed by atoms with Gasteiger partial charge < -0.3 is 4.90 Å². The van der Waals surface area contributed by atoms with Gasteiger partial charge >= 0.3 is 0 Å². The molecule has 0 aliphatic heterocycles. The predicted molar refractivity (Wildman–Crippen MR) is 192 cm³/mol. The molecule has 0 atom stereocenters. The van der Waals surface area contributed by atoms with Crippen LogP contribution in [-0.4, -0.2) is 0 Å². The molecule has 0 saturated carbocycles. The molecule has 0 amide bonds. The quantitative estimate of drug-likeness (QED) is 0.191. The standard InChI is InChI=1S/C44H31N/c1-2-14-32(15-3-1)35-20-11-23-38(31-35)45(44-29-13-19-34-17-5-7-25-41(34)44)43-28-9-8-26-42(43)37-22-10-21-36(30-37)40-27-12-18-33-16-4-6-24-39(33)40/h1-31H. The molecule has 0 unspecified atom stereocenters. The van der Waals surface area contributed by atoms with Gasteiger partial charge in [-0.25, -0.2) is 0 Å². The predicted octanol–water partition coefficient (Wildman–Crippen LogP) is 12.5. The van der Waals surface area contributed by atoms with E-state index in [9.17, 15) is 0 Å². The Morgan fingerprint density at radius 2 is 0.800 bits per heavy atom. The van der Waals surface area contributed by atoms with E-state index >= 15 is 0 Å². The van der Waals surface area contributed by atoms with Gasteiger partial charge in [0, 0.05) is 16.6 Å². The summed E-state index contributed by atoms with van der Waals surface area (Å²) in [6.07, 6.45) is 0. The third-order valence-corrected chi connectivity index (χ3v) is 8.64. The molecular weight excluding hydrogens is 542 g/mol. The van der Waals surface area contributed by atoms with Crippen LogP contribution in [0.5, 0.6) is 0 Å². The summed E-state index contributed by atoms with van der Waals surface area (Å²) in [5.74, 6) is 0. The number of rotatable bonds is 6. The lowest BCUT2D eigenvalue weighted by Crippen LogP contribution is -2.12. The van der Waals surface area contributed by atoms with Gasteiger partial charge in [-0.2, -0.15) is 0 Å². The van der Waals surface area contributed by atoms with Gasteiger partial charge in [0.25, 0.3) is 0 Å². The Balaban J connectivity index is 1.34. The molecule has 8 aromatic rings. The van der Waals surface area contributed by atoms with Gasteiger partial charge in [-0.15, -0.1) is 0 Å². The molecule has 0 aliphatic rings. The molecule has 0 spiro atoms. The lowest BCUT2D eigenvalue weighted by Gasteiger charge is -2.29. The zero-order valence-corrected chi connectivity index (χ0v) is 24.8. The summed E-state index contributed by atoms with van der Waals surface area (Å²) in [6.45, 7) is 0. The minimum absolute atomic E-state index is 1.12. The Bertz CT molecular complexity index is 2270. The molecule has 8 aromatic carbocycles. The minimum atomic E-state index is 1.12. The average Bonchev–Trinajstić information content (AvgIpc) is 3.12. The van der Waals surface area contributed by atoms with E-state index in [4.69, 9.17) is 0 Å². The van der Waals surface area contributed by atoms with Gasteiger partial charge in [0.05, 0.1) is 11.4 Å². The van der Waals surface area contributed by atoms with Gasteiger partial charge in [0.2, 0.25) is 0 Å². The van der Waals surface area contributed by atoms with Crippen LogP contribution < -0.4 is 4.90 Å². The SMILES string of the molecule is c1ccc(-c2cccc(N(c3ccccc3-c3cccc(-c4cccc5ccccc45)c3)c3cccc4ccccc34)c2)cc1. The average molecular weight is 574 g/mol. The number of para-hydroxylation sites is 1. The third-order valence-electron chi connectivity index (χ3n) is 8.64. The van der Waals surface area contributed by atoms with Crippen LogP contribution in [0.1, 0.15) is 0 Å². The molecule has 45 heavy (non-hydrogen) atoms. The van der Waals surface area contributed by atoms with E-state index in [2.05, 4.69) is 193 Å². The van der Waals surface area contributed by atoms with Crippen LogP contribution in [0.2, 0.25) is 0 Å². The number of fused-ring (bicyclic) bond motifs is 2. The topological polar surface area (TPSA) is 3.24 Å².